The number of ether oxygens (including phenoxy) is 5. The van der Waals surface area contributed by atoms with Gasteiger partial charge in [-0.3, -0.25) is 9.59 Å². The molecule has 2 spiro atoms. The largest absolute Gasteiger partial charge is 0.468 e. The van der Waals surface area contributed by atoms with Gasteiger partial charge in [-0.25, -0.2) is 0 Å². The first kappa shape index (κ1) is 16.1. The average molecular weight is 354 g/mol. The second kappa shape index (κ2) is 5.01. The molecule has 5 aliphatic rings. The molecule has 2 bridgehead atoms. The molecule has 2 unspecified atom stereocenters. The number of esters is 1. The Balaban J connectivity index is 1.68. The molecule has 5 rings (SSSR count). The summed E-state index contributed by atoms with van der Waals surface area (Å²) in [6.07, 6.45) is -0.912. The summed E-state index contributed by atoms with van der Waals surface area (Å²) in [5.41, 5.74) is -0.945. The third kappa shape index (κ3) is 1.70. The highest BCUT2D eigenvalue weighted by atomic mass is 16.8. The van der Waals surface area contributed by atoms with Crippen LogP contribution in [0.25, 0.3) is 0 Å². The lowest BCUT2D eigenvalue weighted by Gasteiger charge is -2.41. The Morgan fingerprint density at radius 2 is 1.96 bits per heavy atom. The van der Waals surface area contributed by atoms with Gasteiger partial charge in [-0.2, -0.15) is 0 Å². The lowest BCUT2D eigenvalue weighted by Crippen LogP contribution is -2.60. The van der Waals surface area contributed by atoms with Crippen molar-refractivity contribution in [3.63, 3.8) is 0 Å². The van der Waals surface area contributed by atoms with Gasteiger partial charge in [0.2, 0.25) is 5.79 Å². The molecular weight excluding hydrogens is 332 g/mol. The van der Waals surface area contributed by atoms with Crippen molar-refractivity contribution in [1.29, 1.82) is 0 Å². The number of carbonyl (C=O) groups excluding carboxylic acids is 2. The van der Waals surface area contributed by atoms with Crippen molar-refractivity contribution in [3.05, 3.63) is 0 Å². The summed E-state index contributed by atoms with van der Waals surface area (Å²) >= 11 is 0. The Morgan fingerprint density at radius 1 is 1.24 bits per heavy atom. The molecule has 0 aromatic heterocycles. The maximum Gasteiger partial charge on any atom is 0.316 e. The van der Waals surface area contributed by atoms with E-state index in [2.05, 4.69) is 0 Å². The van der Waals surface area contributed by atoms with Gasteiger partial charge in [0.1, 0.15) is 12.0 Å². The number of epoxide rings is 1. The molecule has 0 aromatic rings. The van der Waals surface area contributed by atoms with E-state index in [9.17, 15) is 14.7 Å². The number of methoxy groups -OCH3 is 2. The molecule has 5 fully saturated rings. The number of ketones is 1. The molecule has 8 nitrogen and oxygen atoms in total. The summed E-state index contributed by atoms with van der Waals surface area (Å²) in [5, 5.41) is 11.0. The quantitative estimate of drug-likeness (QED) is 0.393. The molecule has 0 aromatic carbocycles. The van der Waals surface area contributed by atoms with Crippen LogP contribution in [0.1, 0.15) is 12.8 Å². The van der Waals surface area contributed by atoms with Gasteiger partial charge in [-0.05, 0) is 12.3 Å². The topological polar surface area (TPSA) is 104 Å². The first-order chi connectivity index (χ1) is 12.0. The molecule has 0 amide bonds. The number of rotatable bonds is 2. The first-order valence-corrected chi connectivity index (χ1v) is 8.78. The van der Waals surface area contributed by atoms with Crippen LogP contribution < -0.4 is 0 Å². The number of carbonyl (C=O) groups is 2. The zero-order valence-electron chi connectivity index (χ0n) is 14.2. The molecule has 8 atom stereocenters. The van der Waals surface area contributed by atoms with Gasteiger partial charge in [-0.1, -0.05) is 0 Å². The average Bonchev–Trinajstić information content (AvgIpc) is 3.08. The standard InChI is InChI=1S/C17H22O8/c1-21-13-8-5-7-10(15(20)22-2)9(18)6-16(23-3-4-24-16)17(14(13)25-17)11(7)12(8)19/h7-8,10-14,19H,3-6H2,1-2H3/t7-,8-,10?,11+,12?,13+,14+,17-/m0/s1. The number of aliphatic hydroxyl groups excluding tert-OH is 1. The fourth-order valence-electron chi connectivity index (χ4n) is 6.13. The minimum Gasteiger partial charge on any atom is -0.468 e. The van der Waals surface area contributed by atoms with Crippen LogP contribution in [0.4, 0.5) is 0 Å². The maximum atomic E-state index is 13.0. The zero-order valence-corrected chi connectivity index (χ0v) is 14.2. The summed E-state index contributed by atoms with van der Waals surface area (Å²) in [6.45, 7) is 0.700. The Labute approximate surface area is 144 Å². The highest BCUT2D eigenvalue weighted by Crippen LogP contribution is 2.70. The predicted molar refractivity (Wildman–Crippen MR) is 79.3 cm³/mol. The molecule has 1 N–H and O–H groups in total. The smallest absolute Gasteiger partial charge is 0.316 e. The third-order valence-electron chi connectivity index (χ3n) is 6.97. The summed E-state index contributed by atoms with van der Waals surface area (Å²) < 4.78 is 28.5. The van der Waals surface area contributed by atoms with E-state index in [1.165, 1.54) is 7.11 Å². The second-order valence-corrected chi connectivity index (χ2v) is 7.71. The maximum absolute atomic E-state index is 13.0. The third-order valence-corrected chi connectivity index (χ3v) is 6.97. The van der Waals surface area contributed by atoms with Crippen LogP contribution in [0.5, 0.6) is 0 Å². The monoisotopic (exact) mass is 354 g/mol. The number of aliphatic hydroxyl groups is 1. The summed E-state index contributed by atoms with van der Waals surface area (Å²) in [6, 6.07) is 0. The van der Waals surface area contributed by atoms with Gasteiger partial charge in [-0.15, -0.1) is 0 Å². The molecule has 8 heteroatoms. The molecule has 2 aliphatic heterocycles. The van der Waals surface area contributed by atoms with Crippen molar-refractivity contribution in [2.24, 2.45) is 23.7 Å². The summed E-state index contributed by atoms with van der Waals surface area (Å²) in [4.78, 5) is 25.4. The van der Waals surface area contributed by atoms with Crippen molar-refractivity contribution in [2.45, 2.75) is 42.5 Å². The van der Waals surface area contributed by atoms with Crippen LogP contribution in [0.2, 0.25) is 0 Å². The van der Waals surface area contributed by atoms with E-state index in [1.807, 2.05) is 0 Å². The van der Waals surface area contributed by atoms with E-state index in [-0.39, 0.29) is 36.2 Å². The van der Waals surface area contributed by atoms with Crippen LogP contribution in [0.15, 0.2) is 0 Å². The number of hydrogen-bond donors (Lipinski definition) is 1. The number of fused-ring (bicyclic) bond motifs is 1. The van der Waals surface area contributed by atoms with Gasteiger partial charge < -0.3 is 28.8 Å². The molecular formula is C17H22O8. The van der Waals surface area contributed by atoms with E-state index in [0.29, 0.717) is 19.6 Å². The molecule has 25 heavy (non-hydrogen) atoms. The van der Waals surface area contributed by atoms with Gasteiger partial charge in [0.05, 0.1) is 39.0 Å². The van der Waals surface area contributed by atoms with Crippen molar-refractivity contribution in [1.82, 2.24) is 0 Å². The van der Waals surface area contributed by atoms with Crippen LogP contribution in [0, 0.1) is 23.7 Å². The fraction of sp³-hybridized carbons (Fsp3) is 0.882. The normalized spacial score (nSPS) is 52.0. The first-order valence-electron chi connectivity index (χ1n) is 8.78. The summed E-state index contributed by atoms with van der Waals surface area (Å²) in [7, 11) is 2.87. The Kier molecular flexibility index (Phi) is 3.24. The Hall–Kier alpha value is -1.06. The molecule has 0 radical (unpaired) electrons. The number of hydrogen-bond acceptors (Lipinski definition) is 8. The van der Waals surface area contributed by atoms with E-state index in [1.54, 1.807) is 7.11 Å². The molecule has 3 saturated carbocycles. The van der Waals surface area contributed by atoms with Crippen molar-refractivity contribution in [2.75, 3.05) is 27.4 Å². The SMILES string of the molecule is COC(=O)C1C(=O)CC2(OCCO2)[C@@]23O[C@@H]2[C@H](OC)[C@H]2C[C@@H]1[C@@H]3C2O. The van der Waals surface area contributed by atoms with Gasteiger partial charge in [0, 0.05) is 18.9 Å². The van der Waals surface area contributed by atoms with Crippen molar-refractivity contribution >= 4 is 11.8 Å². The molecule has 2 saturated heterocycles. The minimum absolute atomic E-state index is 0.0793. The zero-order chi connectivity index (χ0) is 17.6. The van der Waals surface area contributed by atoms with Crippen molar-refractivity contribution < 1.29 is 38.4 Å². The molecule has 2 heterocycles. The van der Waals surface area contributed by atoms with Crippen LogP contribution in [0.3, 0.4) is 0 Å². The Morgan fingerprint density at radius 3 is 2.60 bits per heavy atom. The Bertz CT molecular complexity index is 628. The molecule has 3 aliphatic carbocycles. The van der Waals surface area contributed by atoms with Crippen LogP contribution in [-0.4, -0.2) is 74.0 Å². The predicted octanol–water partition coefficient (Wildman–Crippen LogP) is -0.729. The highest BCUT2D eigenvalue weighted by Gasteiger charge is 2.86. The fourth-order valence-corrected chi connectivity index (χ4v) is 6.13. The van der Waals surface area contributed by atoms with Gasteiger partial charge in [0.15, 0.2) is 11.4 Å². The van der Waals surface area contributed by atoms with E-state index in [0.717, 1.165) is 0 Å². The van der Waals surface area contributed by atoms with Crippen LogP contribution in [-0.2, 0) is 33.3 Å². The van der Waals surface area contributed by atoms with E-state index in [4.69, 9.17) is 23.7 Å². The lowest BCUT2D eigenvalue weighted by atomic mass is 9.70. The molecule has 138 valence electrons. The second-order valence-electron chi connectivity index (χ2n) is 7.71. The van der Waals surface area contributed by atoms with Crippen molar-refractivity contribution in [3.8, 4) is 0 Å². The van der Waals surface area contributed by atoms with E-state index < -0.39 is 35.3 Å². The number of Topliss-reactive ketones (excluding diaryl/α,β-unsaturated/α-hetero) is 1. The minimum atomic E-state index is -1.26. The van der Waals surface area contributed by atoms with Crippen LogP contribution >= 0.6 is 0 Å². The highest BCUT2D eigenvalue weighted by molar-refractivity contribution is 6.00. The lowest BCUT2D eigenvalue weighted by molar-refractivity contribution is -0.227. The summed E-state index contributed by atoms with van der Waals surface area (Å²) in [5.74, 6) is -3.98. The van der Waals surface area contributed by atoms with Gasteiger partial charge >= 0.3 is 5.97 Å². The van der Waals surface area contributed by atoms with Gasteiger partial charge in [0.25, 0.3) is 0 Å². The van der Waals surface area contributed by atoms with E-state index >= 15 is 0 Å².